The molecule has 1 aliphatic rings. The second-order valence-electron chi connectivity index (χ2n) is 9.09. The molecule has 2 aromatic carbocycles. The molecule has 0 spiro atoms. The Labute approximate surface area is 197 Å². The summed E-state index contributed by atoms with van der Waals surface area (Å²) in [5.41, 5.74) is 4.93. The molecule has 2 amide bonds. The first-order chi connectivity index (χ1) is 16.3. The Kier molecular flexibility index (Phi) is 5.37. The number of quaternary nitrogens is 1. The number of pyridine rings is 1. The maximum atomic E-state index is 12.2. The number of rotatable bonds is 6. The van der Waals surface area contributed by atoms with Crippen molar-refractivity contribution >= 4 is 34.8 Å². The van der Waals surface area contributed by atoms with Gasteiger partial charge in [-0.2, -0.15) is 4.98 Å². The van der Waals surface area contributed by atoms with Gasteiger partial charge in [0.1, 0.15) is 5.69 Å². The third kappa shape index (κ3) is 4.27. The molecule has 5 rings (SSSR count). The Morgan fingerprint density at radius 2 is 1.68 bits per heavy atom. The second kappa shape index (κ2) is 8.39. The molecule has 172 valence electrons. The number of benzene rings is 2. The summed E-state index contributed by atoms with van der Waals surface area (Å²) in [6.45, 7) is 1.59. The fourth-order valence-electron chi connectivity index (χ4n) is 3.69. The van der Waals surface area contributed by atoms with E-state index in [2.05, 4.69) is 20.7 Å². The number of nitrogens with one attached hydrogen (secondary N) is 2. The fourth-order valence-corrected chi connectivity index (χ4v) is 3.69. The zero-order chi connectivity index (χ0) is 23.9. The van der Waals surface area contributed by atoms with Crippen LogP contribution in [0, 0.1) is 0 Å². The number of fused-ring (bicyclic) bond motifs is 1. The van der Waals surface area contributed by atoms with Crippen molar-refractivity contribution in [1.82, 2.24) is 24.4 Å². The molecule has 8 nitrogen and oxygen atoms in total. The Bertz CT molecular complexity index is 1370. The summed E-state index contributed by atoms with van der Waals surface area (Å²) in [4.78, 5) is 28.7. The number of amides is 2. The molecule has 0 unspecified atom stereocenters. The molecule has 34 heavy (non-hydrogen) atoms. The highest BCUT2D eigenvalue weighted by atomic mass is 16.2. The third-order valence-corrected chi connectivity index (χ3v) is 6.27. The summed E-state index contributed by atoms with van der Waals surface area (Å²) in [6.07, 6.45) is 2.12. The molecule has 0 saturated heterocycles. The van der Waals surface area contributed by atoms with Crippen molar-refractivity contribution in [2.24, 2.45) is 0 Å². The quantitative estimate of drug-likeness (QED) is 0.427. The number of hydrogen-bond acceptors (Lipinski definition) is 5. The van der Waals surface area contributed by atoms with E-state index in [0.29, 0.717) is 23.2 Å². The molecule has 8 heteroatoms. The molecule has 2 aromatic heterocycles. The minimum atomic E-state index is -0.0407. The van der Waals surface area contributed by atoms with Crippen molar-refractivity contribution in [3.05, 3.63) is 72.3 Å². The molecule has 1 aliphatic carbocycles. The summed E-state index contributed by atoms with van der Waals surface area (Å²) in [7, 11) is 3.75. The van der Waals surface area contributed by atoms with Gasteiger partial charge in [0, 0.05) is 35.0 Å². The van der Waals surface area contributed by atoms with Crippen molar-refractivity contribution in [3.63, 3.8) is 0 Å². The van der Waals surface area contributed by atoms with Crippen molar-refractivity contribution in [3.8, 4) is 11.3 Å². The molecule has 0 aliphatic heterocycles. The highest BCUT2D eigenvalue weighted by molar-refractivity contribution is 5.95. The van der Waals surface area contributed by atoms with Gasteiger partial charge in [0.2, 0.25) is 5.95 Å². The summed E-state index contributed by atoms with van der Waals surface area (Å²) in [6, 6.07) is 21.4. The average molecular weight is 456 g/mol. The Balaban J connectivity index is 1.37. The largest absolute Gasteiger partial charge is 0.349 e. The number of carbonyl (C=O) groups is 2. The molecule has 1 saturated carbocycles. The van der Waals surface area contributed by atoms with Gasteiger partial charge in [0.15, 0.2) is 5.65 Å². The van der Waals surface area contributed by atoms with E-state index in [9.17, 15) is 9.59 Å². The van der Waals surface area contributed by atoms with Gasteiger partial charge in [-0.1, -0.05) is 6.07 Å². The predicted octanol–water partition coefficient (Wildman–Crippen LogP) is 4.15. The van der Waals surface area contributed by atoms with E-state index in [-0.39, 0.29) is 16.3 Å². The number of carbonyl (C=O) groups excluding carboxylic acids is 2. The molecule has 1 fully saturated rings. The van der Waals surface area contributed by atoms with E-state index in [1.165, 1.54) is 0 Å². The predicted molar refractivity (Wildman–Crippen MR) is 133 cm³/mol. The van der Waals surface area contributed by atoms with Crippen molar-refractivity contribution in [2.75, 3.05) is 19.4 Å². The van der Waals surface area contributed by atoms with Gasteiger partial charge in [-0.15, -0.1) is 5.10 Å². The lowest BCUT2D eigenvalue weighted by Gasteiger charge is -2.24. The van der Waals surface area contributed by atoms with Crippen LogP contribution < -0.4 is 15.1 Å². The van der Waals surface area contributed by atoms with E-state index in [4.69, 9.17) is 0 Å². The van der Waals surface area contributed by atoms with Gasteiger partial charge in [-0.3, -0.25) is 4.79 Å². The minimum absolute atomic E-state index is 0.0407. The van der Waals surface area contributed by atoms with Crippen LogP contribution in [0.2, 0.25) is 0 Å². The van der Waals surface area contributed by atoms with Gasteiger partial charge in [0.05, 0.1) is 26.7 Å². The van der Waals surface area contributed by atoms with Crippen LogP contribution in [-0.4, -0.2) is 46.5 Å². The first kappa shape index (κ1) is 21.8. The van der Waals surface area contributed by atoms with Gasteiger partial charge >= 0.3 is 5.91 Å². The molecule has 4 aromatic rings. The van der Waals surface area contributed by atoms with Crippen LogP contribution in [0.25, 0.3) is 16.9 Å². The summed E-state index contributed by atoms with van der Waals surface area (Å²) in [5, 5.41) is 10.9. The molecule has 2 heterocycles. The first-order valence-corrected chi connectivity index (χ1v) is 11.3. The van der Waals surface area contributed by atoms with Crippen LogP contribution in [0.3, 0.4) is 0 Å². The second-order valence-corrected chi connectivity index (χ2v) is 9.09. The standard InChI is InChI=1S/C26H26N6O2/c1-17(33)32(2,3)22-15-9-18(10-16-22)23-5-4-6-24-29-26(30-31(23)24)28-21-11-7-19(8-12-21)25(34)27-20-13-14-20/h4-12,15-16,20H,13-14H2,1-3H3,(H-,27,28,30,34)/p+1. The zero-order valence-electron chi connectivity index (χ0n) is 19.4. The molecule has 0 bridgehead atoms. The minimum Gasteiger partial charge on any atom is -0.349 e. The lowest BCUT2D eigenvalue weighted by atomic mass is 10.1. The highest BCUT2D eigenvalue weighted by Crippen LogP contribution is 2.27. The van der Waals surface area contributed by atoms with Gasteiger partial charge < -0.3 is 10.6 Å². The van der Waals surface area contributed by atoms with Crippen molar-refractivity contribution in [1.29, 1.82) is 0 Å². The Morgan fingerprint density at radius 1 is 0.971 bits per heavy atom. The lowest BCUT2D eigenvalue weighted by molar-refractivity contribution is -0.125. The molecule has 0 atom stereocenters. The molecular weight excluding hydrogens is 428 g/mol. The number of nitrogens with zero attached hydrogens (tertiary/aromatic N) is 4. The number of hydrogen-bond donors (Lipinski definition) is 2. The van der Waals surface area contributed by atoms with Crippen LogP contribution in [0.4, 0.5) is 17.3 Å². The third-order valence-electron chi connectivity index (χ3n) is 6.27. The number of anilines is 2. The molecule has 0 radical (unpaired) electrons. The van der Waals surface area contributed by atoms with Crippen molar-refractivity contribution < 1.29 is 9.59 Å². The SMILES string of the molecule is CC(=O)[N+](C)(C)c1ccc(-c2cccc3nc(Nc4ccc(C(=O)NC5CC5)cc4)nn23)cc1. The highest BCUT2D eigenvalue weighted by Gasteiger charge is 2.25. The lowest BCUT2D eigenvalue weighted by Crippen LogP contribution is -2.44. The smallest absolute Gasteiger partial charge is 0.315 e. The van der Waals surface area contributed by atoms with E-state index in [1.54, 1.807) is 23.6 Å². The summed E-state index contributed by atoms with van der Waals surface area (Å²) < 4.78 is 1.97. The van der Waals surface area contributed by atoms with Crippen LogP contribution >= 0.6 is 0 Å². The van der Waals surface area contributed by atoms with E-state index in [0.717, 1.165) is 35.5 Å². The van der Waals surface area contributed by atoms with Crippen molar-refractivity contribution in [2.45, 2.75) is 25.8 Å². The zero-order valence-corrected chi connectivity index (χ0v) is 19.4. The maximum Gasteiger partial charge on any atom is 0.315 e. The Hall–Kier alpha value is -4.04. The van der Waals surface area contributed by atoms with Crippen LogP contribution in [-0.2, 0) is 4.79 Å². The van der Waals surface area contributed by atoms with Gasteiger partial charge in [0.25, 0.3) is 5.91 Å². The number of aromatic nitrogens is 3. The van der Waals surface area contributed by atoms with E-state index < -0.39 is 0 Å². The monoisotopic (exact) mass is 455 g/mol. The maximum absolute atomic E-state index is 12.2. The molecular formula is C26H27N6O2+. The topological polar surface area (TPSA) is 88.4 Å². The fraction of sp³-hybridized carbons (Fsp3) is 0.231. The van der Waals surface area contributed by atoms with Crippen LogP contribution in [0.15, 0.2) is 66.7 Å². The van der Waals surface area contributed by atoms with Crippen LogP contribution in [0.1, 0.15) is 30.1 Å². The first-order valence-electron chi connectivity index (χ1n) is 11.3. The Morgan fingerprint density at radius 3 is 2.32 bits per heavy atom. The van der Waals surface area contributed by atoms with Crippen LogP contribution in [0.5, 0.6) is 0 Å². The summed E-state index contributed by atoms with van der Waals surface area (Å²) in [5.74, 6) is 0.494. The normalized spacial score (nSPS) is 13.6. The van der Waals surface area contributed by atoms with E-state index >= 15 is 0 Å². The van der Waals surface area contributed by atoms with E-state index in [1.807, 2.05) is 68.7 Å². The van der Waals surface area contributed by atoms with Gasteiger partial charge in [-0.05, 0) is 61.4 Å². The summed E-state index contributed by atoms with van der Waals surface area (Å²) >= 11 is 0. The molecule has 2 N–H and O–H groups in total. The average Bonchev–Trinajstić information content (AvgIpc) is 3.55. The van der Waals surface area contributed by atoms with Gasteiger partial charge in [-0.25, -0.2) is 13.8 Å².